The van der Waals surface area contributed by atoms with E-state index in [0.717, 1.165) is 0 Å². The average Bonchev–Trinajstić information content (AvgIpc) is 2.31. The highest BCUT2D eigenvalue weighted by Gasteiger charge is 2.04. The SMILES string of the molecule is COCCn1cnc(Cl)c1Cl. The van der Waals surface area contributed by atoms with Gasteiger partial charge in [-0.2, -0.15) is 0 Å². The average molecular weight is 195 g/mol. The summed E-state index contributed by atoms with van der Waals surface area (Å²) in [6.45, 7) is 1.28. The molecule has 1 rings (SSSR count). The zero-order valence-electron chi connectivity index (χ0n) is 6.05. The quantitative estimate of drug-likeness (QED) is 0.735. The summed E-state index contributed by atoms with van der Waals surface area (Å²) in [5.41, 5.74) is 0. The van der Waals surface area contributed by atoms with Crippen LogP contribution in [-0.2, 0) is 11.3 Å². The third-order valence-electron chi connectivity index (χ3n) is 1.27. The number of ether oxygens (including phenoxy) is 1. The standard InChI is InChI=1S/C6H8Cl2N2O/c1-11-3-2-10-4-9-5(7)6(10)8/h4H,2-3H2,1H3. The number of imidazole rings is 1. The van der Waals surface area contributed by atoms with Crippen molar-refractivity contribution in [1.82, 2.24) is 9.55 Å². The zero-order valence-corrected chi connectivity index (χ0v) is 7.56. The molecule has 0 unspecified atom stereocenters. The third-order valence-corrected chi connectivity index (χ3v) is 2.04. The van der Waals surface area contributed by atoms with Gasteiger partial charge < -0.3 is 9.30 Å². The van der Waals surface area contributed by atoms with Crippen LogP contribution in [0, 0.1) is 0 Å². The van der Waals surface area contributed by atoms with Gasteiger partial charge in [0, 0.05) is 13.7 Å². The number of methoxy groups -OCH3 is 1. The fourth-order valence-electron chi connectivity index (χ4n) is 0.688. The van der Waals surface area contributed by atoms with E-state index in [1.807, 2.05) is 0 Å². The topological polar surface area (TPSA) is 27.1 Å². The summed E-state index contributed by atoms with van der Waals surface area (Å²) in [5.74, 6) is 0. The van der Waals surface area contributed by atoms with Gasteiger partial charge in [-0.1, -0.05) is 23.2 Å². The van der Waals surface area contributed by atoms with Crippen LogP contribution in [0.2, 0.25) is 10.3 Å². The maximum Gasteiger partial charge on any atom is 0.166 e. The van der Waals surface area contributed by atoms with Crippen LogP contribution in [-0.4, -0.2) is 23.3 Å². The van der Waals surface area contributed by atoms with Gasteiger partial charge in [0.15, 0.2) is 5.15 Å². The lowest BCUT2D eigenvalue weighted by molar-refractivity contribution is 0.187. The summed E-state index contributed by atoms with van der Waals surface area (Å²) in [6, 6.07) is 0. The highest BCUT2D eigenvalue weighted by Crippen LogP contribution is 2.18. The van der Waals surface area contributed by atoms with Gasteiger partial charge in [0.2, 0.25) is 0 Å². The molecule has 0 amide bonds. The Labute approximate surface area is 74.9 Å². The van der Waals surface area contributed by atoms with Gasteiger partial charge in [0.05, 0.1) is 12.9 Å². The maximum atomic E-state index is 5.76. The Kier molecular flexibility index (Phi) is 3.17. The number of halogens is 2. The molecule has 0 aliphatic heterocycles. The van der Waals surface area contributed by atoms with Crippen LogP contribution in [0.3, 0.4) is 0 Å². The Morgan fingerprint density at radius 3 is 2.82 bits per heavy atom. The van der Waals surface area contributed by atoms with E-state index in [9.17, 15) is 0 Å². The minimum Gasteiger partial charge on any atom is -0.383 e. The van der Waals surface area contributed by atoms with Crippen molar-refractivity contribution in [3.05, 3.63) is 16.6 Å². The lowest BCUT2D eigenvalue weighted by Gasteiger charge is -2.00. The summed E-state index contributed by atoms with van der Waals surface area (Å²) in [5, 5.41) is 0.798. The highest BCUT2D eigenvalue weighted by molar-refractivity contribution is 6.40. The molecule has 0 N–H and O–H groups in total. The molecule has 1 heterocycles. The largest absolute Gasteiger partial charge is 0.383 e. The van der Waals surface area contributed by atoms with Crippen LogP contribution in [0.4, 0.5) is 0 Å². The Hall–Kier alpha value is -0.250. The lowest BCUT2D eigenvalue weighted by Crippen LogP contribution is -2.02. The van der Waals surface area contributed by atoms with Crippen molar-refractivity contribution < 1.29 is 4.74 Å². The van der Waals surface area contributed by atoms with Crippen LogP contribution in [0.5, 0.6) is 0 Å². The molecule has 0 radical (unpaired) electrons. The van der Waals surface area contributed by atoms with Gasteiger partial charge in [-0.05, 0) is 0 Å². The molecule has 0 bridgehead atoms. The molecule has 0 fully saturated rings. The molecule has 11 heavy (non-hydrogen) atoms. The molecule has 0 aliphatic rings. The third kappa shape index (κ3) is 2.09. The molecule has 0 saturated heterocycles. The Bertz CT molecular complexity index is 236. The number of hydrogen-bond donors (Lipinski definition) is 0. The number of rotatable bonds is 3. The first kappa shape index (κ1) is 8.84. The second-order valence-electron chi connectivity index (χ2n) is 2.01. The molecule has 62 valence electrons. The van der Waals surface area contributed by atoms with Crippen LogP contribution in [0.1, 0.15) is 0 Å². The van der Waals surface area contributed by atoms with E-state index >= 15 is 0 Å². The van der Waals surface area contributed by atoms with Crippen LogP contribution >= 0.6 is 23.2 Å². The fraction of sp³-hybridized carbons (Fsp3) is 0.500. The second kappa shape index (κ2) is 3.95. The summed E-state index contributed by atoms with van der Waals surface area (Å²) in [6.07, 6.45) is 1.59. The van der Waals surface area contributed by atoms with Crippen LogP contribution < -0.4 is 0 Å². The molecule has 1 aromatic rings. The molecular formula is C6H8Cl2N2O. The van der Waals surface area contributed by atoms with Crippen molar-refractivity contribution in [3.63, 3.8) is 0 Å². The Balaban J connectivity index is 2.63. The van der Waals surface area contributed by atoms with Gasteiger partial charge in [-0.3, -0.25) is 0 Å². The zero-order chi connectivity index (χ0) is 8.27. The first-order valence-corrected chi connectivity index (χ1v) is 3.86. The predicted molar refractivity (Wildman–Crippen MR) is 44.1 cm³/mol. The van der Waals surface area contributed by atoms with E-state index in [0.29, 0.717) is 23.5 Å². The molecule has 0 saturated carbocycles. The van der Waals surface area contributed by atoms with Crippen LogP contribution in [0.15, 0.2) is 6.33 Å². The van der Waals surface area contributed by atoms with E-state index in [1.165, 1.54) is 0 Å². The molecule has 0 aromatic carbocycles. The predicted octanol–water partition coefficient (Wildman–Crippen LogP) is 1.84. The summed E-state index contributed by atoms with van der Waals surface area (Å²) in [4.78, 5) is 3.81. The van der Waals surface area contributed by atoms with Crippen molar-refractivity contribution in [2.45, 2.75) is 6.54 Å². The molecule has 1 aromatic heterocycles. The molecule has 5 heteroatoms. The highest BCUT2D eigenvalue weighted by atomic mass is 35.5. The summed E-state index contributed by atoms with van der Waals surface area (Å²) >= 11 is 11.4. The number of aromatic nitrogens is 2. The second-order valence-corrected chi connectivity index (χ2v) is 2.73. The van der Waals surface area contributed by atoms with E-state index in [4.69, 9.17) is 27.9 Å². The number of nitrogens with zero attached hydrogens (tertiary/aromatic N) is 2. The smallest absolute Gasteiger partial charge is 0.166 e. The van der Waals surface area contributed by atoms with Crippen molar-refractivity contribution in [1.29, 1.82) is 0 Å². The fourth-order valence-corrected chi connectivity index (χ4v) is 1.02. The van der Waals surface area contributed by atoms with E-state index in [-0.39, 0.29) is 0 Å². The van der Waals surface area contributed by atoms with Crippen molar-refractivity contribution in [2.24, 2.45) is 0 Å². The lowest BCUT2D eigenvalue weighted by atomic mass is 10.7. The van der Waals surface area contributed by atoms with Crippen molar-refractivity contribution in [2.75, 3.05) is 13.7 Å². The first-order chi connectivity index (χ1) is 5.25. The molecule has 0 spiro atoms. The van der Waals surface area contributed by atoms with E-state index < -0.39 is 0 Å². The van der Waals surface area contributed by atoms with Crippen molar-refractivity contribution in [3.8, 4) is 0 Å². The van der Waals surface area contributed by atoms with Gasteiger partial charge >= 0.3 is 0 Å². The molecular weight excluding hydrogens is 187 g/mol. The number of hydrogen-bond acceptors (Lipinski definition) is 2. The van der Waals surface area contributed by atoms with Gasteiger partial charge in [-0.15, -0.1) is 0 Å². The van der Waals surface area contributed by atoms with Crippen molar-refractivity contribution >= 4 is 23.2 Å². The molecule has 3 nitrogen and oxygen atoms in total. The molecule has 0 aliphatic carbocycles. The summed E-state index contributed by atoms with van der Waals surface area (Å²) in [7, 11) is 1.63. The normalized spacial score (nSPS) is 10.5. The van der Waals surface area contributed by atoms with Gasteiger partial charge in [0.25, 0.3) is 0 Å². The minimum absolute atomic E-state index is 0.336. The first-order valence-electron chi connectivity index (χ1n) is 3.10. The van der Waals surface area contributed by atoms with E-state index in [2.05, 4.69) is 4.98 Å². The minimum atomic E-state index is 0.336. The maximum absolute atomic E-state index is 5.76. The Morgan fingerprint density at radius 2 is 2.36 bits per heavy atom. The van der Waals surface area contributed by atoms with Gasteiger partial charge in [0.1, 0.15) is 5.15 Å². The summed E-state index contributed by atoms with van der Waals surface area (Å²) < 4.78 is 6.59. The van der Waals surface area contributed by atoms with Crippen LogP contribution in [0.25, 0.3) is 0 Å². The van der Waals surface area contributed by atoms with Gasteiger partial charge in [-0.25, -0.2) is 4.98 Å². The Morgan fingerprint density at radius 1 is 1.64 bits per heavy atom. The monoisotopic (exact) mass is 194 g/mol. The van der Waals surface area contributed by atoms with E-state index in [1.54, 1.807) is 18.0 Å². The molecule has 0 atom stereocenters.